The van der Waals surface area contributed by atoms with E-state index in [0.717, 1.165) is 36.6 Å². The van der Waals surface area contributed by atoms with Crippen LogP contribution < -0.4 is 19.7 Å². The first-order chi connectivity index (χ1) is 14.9. The van der Waals surface area contributed by atoms with Crippen LogP contribution in [0.25, 0.3) is 10.9 Å². The van der Waals surface area contributed by atoms with Crippen molar-refractivity contribution in [2.75, 3.05) is 31.4 Å². The summed E-state index contributed by atoms with van der Waals surface area (Å²) in [7, 11) is 5.01. The van der Waals surface area contributed by atoms with Crippen LogP contribution in [0.3, 0.4) is 0 Å². The van der Waals surface area contributed by atoms with Crippen molar-refractivity contribution in [3.63, 3.8) is 0 Å². The molecule has 1 aliphatic carbocycles. The van der Waals surface area contributed by atoms with Gasteiger partial charge >= 0.3 is 0 Å². The summed E-state index contributed by atoms with van der Waals surface area (Å²) < 4.78 is 8.01. The maximum absolute atomic E-state index is 12.8. The summed E-state index contributed by atoms with van der Waals surface area (Å²) in [5, 5.41) is 30.6. The molecular formula is C22H27N5O4. The fourth-order valence-corrected chi connectivity index (χ4v) is 4.02. The number of nitrogens with zero attached hydrogens (tertiary/aromatic N) is 4. The number of carbonyl (C=O) groups excluding carboxylic acids is 1. The molecule has 0 spiro atoms. The summed E-state index contributed by atoms with van der Waals surface area (Å²) >= 11 is 0. The third kappa shape index (κ3) is 4.13. The molecule has 0 atom stereocenters. The van der Waals surface area contributed by atoms with Crippen molar-refractivity contribution in [2.24, 2.45) is 0 Å². The number of benzene rings is 1. The van der Waals surface area contributed by atoms with Gasteiger partial charge in [0.25, 0.3) is 11.7 Å². The topological polar surface area (TPSA) is 107 Å². The van der Waals surface area contributed by atoms with Crippen LogP contribution in [0.1, 0.15) is 42.2 Å². The molecule has 31 heavy (non-hydrogen) atoms. The minimum absolute atomic E-state index is 0.00944. The van der Waals surface area contributed by atoms with Gasteiger partial charge in [-0.25, -0.2) is 4.73 Å². The normalized spacial score (nSPS) is 18.7. The second-order valence-electron chi connectivity index (χ2n) is 8.09. The molecule has 0 unspecified atom stereocenters. The van der Waals surface area contributed by atoms with Gasteiger partial charge in [0, 0.05) is 23.7 Å². The largest absolute Gasteiger partial charge is 0.710 e. The van der Waals surface area contributed by atoms with E-state index in [-0.39, 0.29) is 17.8 Å². The molecule has 1 amide bonds. The average molecular weight is 425 g/mol. The third-order valence-corrected chi connectivity index (χ3v) is 5.75. The molecule has 0 bridgehead atoms. The van der Waals surface area contributed by atoms with Crippen molar-refractivity contribution in [3.05, 3.63) is 47.4 Å². The van der Waals surface area contributed by atoms with Crippen molar-refractivity contribution < 1.29 is 19.4 Å². The highest BCUT2D eigenvalue weighted by atomic mass is 16.5. The zero-order valence-electron chi connectivity index (χ0n) is 17.9. The molecule has 3 aromatic rings. The van der Waals surface area contributed by atoms with Crippen molar-refractivity contribution in [1.29, 1.82) is 0 Å². The van der Waals surface area contributed by atoms with E-state index in [9.17, 15) is 15.1 Å². The van der Waals surface area contributed by atoms with E-state index in [0.29, 0.717) is 22.0 Å². The van der Waals surface area contributed by atoms with Gasteiger partial charge < -0.3 is 20.4 Å². The first kappa shape index (κ1) is 20.9. The fourth-order valence-electron chi connectivity index (χ4n) is 4.02. The quantitative estimate of drug-likeness (QED) is 0.480. The van der Waals surface area contributed by atoms with Crippen molar-refractivity contribution in [3.8, 4) is 5.75 Å². The Morgan fingerprint density at radius 3 is 2.71 bits per heavy atom. The fraction of sp³-hybridized carbons (Fsp3) is 0.409. The van der Waals surface area contributed by atoms with Crippen LogP contribution in [0.4, 0.5) is 11.5 Å². The molecular weight excluding hydrogens is 398 g/mol. The summed E-state index contributed by atoms with van der Waals surface area (Å²) in [5.41, 5.74) is 1.22. The lowest BCUT2D eigenvalue weighted by atomic mass is 9.93. The van der Waals surface area contributed by atoms with E-state index in [1.54, 1.807) is 43.3 Å². The molecule has 2 N–H and O–H groups in total. The number of carbonyl (C=O) groups is 1. The van der Waals surface area contributed by atoms with E-state index >= 15 is 0 Å². The van der Waals surface area contributed by atoms with Gasteiger partial charge in [-0.05, 0) is 43.9 Å². The lowest BCUT2D eigenvalue weighted by Gasteiger charge is -2.25. The number of pyridine rings is 1. The van der Waals surface area contributed by atoms with Gasteiger partial charge in [0.15, 0.2) is 5.69 Å². The Morgan fingerprint density at radius 2 is 2.03 bits per heavy atom. The second-order valence-corrected chi connectivity index (χ2v) is 8.09. The van der Waals surface area contributed by atoms with Crippen molar-refractivity contribution in [2.45, 2.75) is 37.8 Å². The monoisotopic (exact) mass is 425 g/mol. The highest BCUT2D eigenvalue weighted by Crippen LogP contribution is 2.33. The smallest absolute Gasteiger partial charge is 0.296 e. The summed E-state index contributed by atoms with van der Waals surface area (Å²) in [6, 6.07) is 8.63. The molecule has 2 heterocycles. The predicted octanol–water partition coefficient (Wildman–Crippen LogP) is 2.47. The molecule has 1 aliphatic rings. The summed E-state index contributed by atoms with van der Waals surface area (Å²) in [6.07, 6.45) is 5.02. The Hall–Kier alpha value is -3.33. The van der Waals surface area contributed by atoms with Crippen LogP contribution in [0, 0.1) is 5.21 Å². The van der Waals surface area contributed by atoms with Gasteiger partial charge in [0.2, 0.25) is 0 Å². The molecule has 0 aliphatic heterocycles. The number of nitrogens with one attached hydrogen (secondary N) is 1. The van der Waals surface area contributed by atoms with E-state index in [1.807, 2.05) is 10.9 Å². The van der Waals surface area contributed by atoms with Crippen molar-refractivity contribution >= 4 is 28.3 Å². The van der Waals surface area contributed by atoms with E-state index in [2.05, 4.69) is 10.4 Å². The molecule has 164 valence electrons. The highest BCUT2D eigenvalue weighted by molar-refractivity contribution is 6.04. The molecule has 1 aromatic carbocycles. The van der Waals surface area contributed by atoms with Gasteiger partial charge in [-0.2, -0.15) is 5.10 Å². The minimum atomic E-state index is -0.523. The van der Waals surface area contributed by atoms with Crippen LogP contribution in [-0.2, 0) is 0 Å². The lowest BCUT2D eigenvalue weighted by Crippen LogP contribution is -2.41. The van der Waals surface area contributed by atoms with Gasteiger partial charge in [0.1, 0.15) is 5.75 Å². The number of fused-ring (bicyclic) bond motifs is 1. The third-order valence-electron chi connectivity index (χ3n) is 5.75. The first-order valence-corrected chi connectivity index (χ1v) is 10.3. The van der Waals surface area contributed by atoms with Gasteiger partial charge in [-0.1, -0.05) is 0 Å². The van der Waals surface area contributed by atoms with Gasteiger partial charge in [-0.3, -0.25) is 14.4 Å². The average Bonchev–Trinajstić information content (AvgIpc) is 3.16. The Labute approximate surface area is 180 Å². The molecule has 4 rings (SSSR count). The van der Waals surface area contributed by atoms with Crippen LogP contribution in [0.5, 0.6) is 5.75 Å². The van der Waals surface area contributed by atoms with Gasteiger partial charge in [-0.15, -0.1) is 0 Å². The number of rotatable bonds is 5. The molecule has 0 radical (unpaired) electrons. The second kappa shape index (κ2) is 8.43. The first-order valence-electron chi connectivity index (χ1n) is 10.3. The highest BCUT2D eigenvalue weighted by Gasteiger charge is 2.23. The van der Waals surface area contributed by atoms with Crippen LogP contribution in [0.2, 0.25) is 0 Å². The number of aliphatic hydroxyl groups is 1. The number of aliphatic hydroxyl groups excluding tert-OH is 1. The maximum atomic E-state index is 12.8. The molecule has 2 aromatic heterocycles. The number of methoxy groups -OCH3 is 1. The number of ether oxygens (including phenoxy) is 1. The number of amides is 1. The Bertz CT molecular complexity index is 1100. The van der Waals surface area contributed by atoms with E-state index < -0.39 is 5.91 Å². The lowest BCUT2D eigenvalue weighted by molar-refractivity contribution is -0.594. The maximum Gasteiger partial charge on any atom is 0.296 e. The predicted molar refractivity (Wildman–Crippen MR) is 117 cm³/mol. The Kier molecular flexibility index (Phi) is 5.69. The number of hydrogen-bond acceptors (Lipinski definition) is 6. The summed E-state index contributed by atoms with van der Waals surface area (Å²) in [6.45, 7) is 0. The van der Waals surface area contributed by atoms with E-state index in [4.69, 9.17) is 4.74 Å². The summed E-state index contributed by atoms with van der Waals surface area (Å²) in [4.78, 5) is 14.5. The van der Waals surface area contributed by atoms with Crippen molar-refractivity contribution in [1.82, 2.24) is 9.78 Å². The van der Waals surface area contributed by atoms with Crippen LogP contribution in [0.15, 0.2) is 36.5 Å². The Balaban J connectivity index is 1.63. The Morgan fingerprint density at radius 1 is 1.29 bits per heavy atom. The number of aromatic nitrogens is 3. The molecule has 9 heteroatoms. The minimum Gasteiger partial charge on any atom is -0.710 e. The molecule has 1 fully saturated rings. The van der Waals surface area contributed by atoms with Crippen LogP contribution >= 0.6 is 0 Å². The SMILES string of the molecule is COc1cc2nn(C3CCC(O)CC3)cc2cc1NC(=O)c1cccc(N(C)C)[n+]1[O-]. The zero-order chi connectivity index (χ0) is 22.1. The van der Waals surface area contributed by atoms with Crippen LogP contribution in [-0.4, -0.2) is 48.1 Å². The van der Waals surface area contributed by atoms with Gasteiger partial charge in [0.05, 0.1) is 44.6 Å². The standard InChI is InChI=1S/C22H27N5O4/c1-25(2)21-6-4-5-19(27(21)30)22(29)23-18-11-14-13-26(15-7-9-16(28)10-8-15)24-17(14)12-20(18)31-3/h4-6,11-13,15-16,28H,7-10H2,1-3H3,(H,23,29). The molecule has 0 saturated heterocycles. The summed E-state index contributed by atoms with van der Waals surface area (Å²) in [5.74, 6) is 0.310. The molecule has 9 nitrogen and oxygen atoms in total. The number of anilines is 2. The molecule has 1 saturated carbocycles. The van der Waals surface area contributed by atoms with E-state index in [1.165, 1.54) is 13.2 Å². The number of hydrogen-bond donors (Lipinski definition) is 2. The zero-order valence-corrected chi connectivity index (χ0v) is 17.9.